The van der Waals surface area contributed by atoms with Gasteiger partial charge in [0.25, 0.3) is 0 Å². The normalized spacial score (nSPS) is 11.3. The SMILES string of the molecule is Cc1cc(C)c2c(-n3cccc3)c(C(=O)OC(C)C)sc2n1. The Morgan fingerprint density at radius 3 is 2.59 bits per heavy atom. The van der Waals surface area contributed by atoms with Crippen LogP contribution in [-0.2, 0) is 4.74 Å². The summed E-state index contributed by atoms with van der Waals surface area (Å²) in [6, 6.07) is 5.93. The van der Waals surface area contributed by atoms with Gasteiger partial charge in [0.2, 0.25) is 0 Å². The summed E-state index contributed by atoms with van der Waals surface area (Å²) < 4.78 is 7.36. The largest absolute Gasteiger partial charge is 0.459 e. The molecule has 0 fully saturated rings. The van der Waals surface area contributed by atoms with E-state index in [-0.39, 0.29) is 12.1 Å². The predicted octanol–water partition coefficient (Wildman–Crippen LogP) is 4.27. The van der Waals surface area contributed by atoms with Gasteiger partial charge in [0.05, 0.1) is 11.8 Å². The lowest BCUT2D eigenvalue weighted by atomic mass is 10.1. The van der Waals surface area contributed by atoms with Crippen molar-refractivity contribution in [3.05, 3.63) is 46.7 Å². The Hall–Kier alpha value is -2.14. The maximum absolute atomic E-state index is 12.5. The van der Waals surface area contributed by atoms with Crippen molar-refractivity contribution in [1.29, 1.82) is 0 Å². The van der Waals surface area contributed by atoms with Crippen molar-refractivity contribution < 1.29 is 9.53 Å². The summed E-state index contributed by atoms with van der Waals surface area (Å²) >= 11 is 1.39. The monoisotopic (exact) mass is 314 g/mol. The van der Waals surface area contributed by atoms with Crippen molar-refractivity contribution in [3.63, 3.8) is 0 Å². The first kappa shape index (κ1) is 14.8. The predicted molar refractivity (Wildman–Crippen MR) is 89.0 cm³/mol. The maximum atomic E-state index is 12.5. The van der Waals surface area contributed by atoms with Crippen LogP contribution in [0.15, 0.2) is 30.6 Å². The zero-order valence-electron chi connectivity index (χ0n) is 13.1. The quantitative estimate of drug-likeness (QED) is 0.678. The van der Waals surface area contributed by atoms with Gasteiger partial charge in [0, 0.05) is 23.5 Å². The molecule has 0 aromatic carbocycles. The summed E-state index contributed by atoms with van der Waals surface area (Å²) in [6.45, 7) is 7.73. The third kappa shape index (κ3) is 2.52. The molecule has 0 aliphatic rings. The summed E-state index contributed by atoms with van der Waals surface area (Å²) in [5.74, 6) is -0.293. The summed E-state index contributed by atoms with van der Waals surface area (Å²) in [7, 11) is 0. The second kappa shape index (κ2) is 5.57. The molecule has 0 spiro atoms. The van der Waals surface area contributed by atoms with E-state index in [0.29, 0.717) is 4.88 Å². The molecule has 0 bridgehead atoms. The number of esters is 1. The van der Waals surface area contributed by atoms with Gasteiger partial charge < -0.3 is 9.30 Å². The van der Waals surface area contributed by atoms with Crippen molar-refractivity contribution in [3.8, 4) is 5.69 Å². The molecule has 0 amide bonds. The van der Waals surface area contributed by atoms with Crippen molar-refractivity contribution >= 4 is 27.5 Å². The van der Waals surface area contributed by atoms with E-state index in [1.165, 1.54) is 11.3 Å². The van der Waals surface area contributed by atoms with Crippen molar-refractivity contribution in [1.82, 2.24) is 9.55 Å². The number of thiophene rings is 1. The maximum Gasteiger partial charge on any atom is 0.350 e. The fourth-order valence-corrected chi connectivity index (χ4v) is 3.74. The summed E-state index contributed by atoms with van der Waals surface area (Å²) in [5.41, 5.74) is 2.93. The Balaban J connectivity index is 2.29. The molecule has 5 heteroatoms. The molecule has 0 N–H and O–H groups in total. The van der Waals surface area contributed by atoms with E-state index in [9.17, 15) is 4.79 Å². The lowest BCUT2D eigenvalue weighted by molar-refractivity contribution is 0.0384. The molecule has 3 aromatic rings. The third-order valence-corrected chi connectivity index (χ3v) is 4.41. The Bertz CT molecular complexity index is 832. The summed E-state index contributed by atoms with van der Waals surface area (Å²) in [6.07, 6.45) is 3.73. The minimum atomic E-state index is -0.293. The highest BCUT2D eigenvalue weighted by atomic mass is 32.1. The van der Waals surface area contributed by atoms with Crippen LogP contribution in [-0.4, -0.2) is 21.6 Å². The van der Waals surface area contributed by atoms with Gasteiger partial charge in [-0.3, -0.25) is 0 Å². The number of aryl methyl sites for hydroxylation is 2. The van der Waals surface area contributed by atoms with E-state index in [0.717, 1.165) is 27.2 Å². The molecule has 22 heavy (non-hydrogen) atoms. The van der Waals surface area contributed by atoms with Crippen LogP contribution < -0.4 is 0 Å². The number of fused-ring (bicyclic) bond motifs is 1. The minimum absolute atomic E-state index is 0.147. The standard InChI is InChI=1S/C17H18N2O2S/c1-10(2)21-17(20)15-14(19-7-5-6-8-19)13-11(3)9-12(4)18-16(13)22-15/h5-10H,1-4H3. The molecule has 0 unspecified atom stereocenters. The lowest BCUT2D eigenvalue weighted by Crippen LogP contribution is -2.12. The zero-order valence-corrected chi connectivity index (χ0v) is 13.9. The van der Waals surface area contributed by atoms with Crippen LogP contribution in [0.4, 0.5) is 0 Å². The van der Waals surface area contributed by atoms with Crippen molar-refractivity contribution in [2.45, 2.75) is 33.8 Å². The van der Waals surface area contributed by atoms with Gasteiger partial charge in [-0.25, -0.2) is 9.78 Å². The highest BCUT2D eigenvalue weighted by Crippen LogP contribution is 2.36. The first-order chi connectivity index (χ1) is 10.5. The number of pyridine rings is 1. The van der Waals surface area contributed by atoms with Gasteiger partial charge in [-0.05, 0) is 51.5 Å². The van der Waals surface area contributed by atoms with E-state index in [2.05, 4.69) is 4.98 Å². The van der Waals surface area contributed by atoms with Crippen LogP contribution >= 0.6 is 11.3 Å². The zero-order chi connectivity index (χ0) is 15.9. The van der Waals surface area contributed by atoms with E-state index in [4.69, 9.17) is 4.74 Å². The molecular formula is C17H18N2O2S. The molecule has 0 radical (unpaired) electrons. The first-order valence-corrected chi connectivity index (χ1v) is 8.04. The molecule has 4 nitrogen and oxygen atoms in total. The van der Waals surface area contributed by atoms with Gasteiger partial charge >= 0.3 is 5.97 Å². The number of aromatic nitrogens is 2. The number of hydrogen-bond donors (Lipinski definition) is 0. The number of carbonyl (C=O) groups is 1. The number of ether oxygens (including phenoxy) is 1. The fraction of sp³-hybridized carbons (Fsp3) is 0.294. The Morgan fingerprint density at radius 2 is 1.95 bits per heavy atom. The number of nitrogens with zero attached hydrogens (tertiary/aromatic N) is 2. The van der Waals surface area contributed by atoms with Crippen LogP contribution in [0.1, 0.15) is 34.8 Å². The van der Waals surface area contributed by atoms with E-state index in [1.54, 1.807) is 0 Å². The van der Waals surface area contributed by atoms with Crippen LogP contribution in [0.3, 0.4) is 0 Å². The van der Waals surface area contributed by atoms with E-state index < -0.39 is 0 Å². The number of rotatable bonds is 3. The molecule has 3 heterocycles. The van der Waals surface area contributed by atoms with Gasteiger partial charge in [-0.1, -0.05) is 0 Å². The smallest absolute Gasteiger partial charge is 0.350 e. The van der Waals surface area contributed by atoms with Gasteiger partial charge in [-0.2, -0.15) is 0 Å². The van der Waals surface area contributed by atoms with Crippen LogP contribution in [0, 0.1) is 13.8 Å². The Kier molecular flexibility index (Phi) is 3.74. The van der Waals surface area contributed by atoms with Crippen LogP contribution in [0.5, 0.6) is 0 Å². The van der Waals surface area contributed by atoms with Crippen molar-refractivity contribution in [2.75, 3.05) is 0 Å². The molecule has 0 saturated carbocycles. The first-order valence-electron chi connectivity index (χ1n) is 7.22. The molecular weight excluding hydrogens is 296 g/mol. The van der Waals surface area contributed by atoms with Gasteiger partial charge in [0.1, 0.15) is 9.71 Å². The summed E-state index contributed by atoms with van der Waals surface area (Å²) in [4.78, 5) is 18.5. The molecule has 0 aliphatic heterocycles. The highest BCUT2D eigenvalue weighted by Gasteiger charge is 2.23. The summed E-state index contributed by atoms with van der Waals surface area (Å²) in [5, 5.41) is 1.02. The van der Waals surface area contributed by atoms with Gasteiger partial charge in [-0.15, -0.1) is 11.3 Å². The highest BCUT2D eigenvalue weighted by molar-refractivity contribution is 7.21. The number of carbonyl (C=O) groups excluding carboxylic acids is 1. The molecule has 0 aliphatic carbocycles. The van der Waals surface area contributed by atoms with Crippen LogP contribution in [0.25, 0.3) is 15.9 Å². The molecule has 3 rings (SSSR count). The third-order valence-electron chi connectivity index (χ3n) is 3.35. The fourth-order valence-electron chi connectivity index (χ4n) is 2.56. The average molecular weight is 314 g/mol. The van der Waals surface area contributed by atoms with E-state index in [1.807, 2.05) is 62.9 Å². The number of hydrogen-bond acceptors (Lipinski definition) is 4. The van der Waals surface area contributed by atoms with Crippen molar-refractivity contribution in [2.24, 2.45) is 0 Å². The molecule has 3 aromatic heterocycles. The second-order valence-electron chi connectivity index (χ2n) is 5.58. The Morgan fingerprint density at radius 1 is 1.27 bits per heavy atom. The second-order valence-corrected chi connectivity index (χ2v) is 6.58. The molecule has 0 atom stereocenters. The minimum Gasteiger partial charge on any atom is -0.459 e. The molecule has 0 saturated heterocycles. The molecule has 114 valence electrons. The van der Waals surface area contributed by atoms with Gasteiger partial charge in [0.15, 0.2) is 0 Å². The Labute approximate surface area is 133 Å². The lowest BCUT2D eigenvalue weighted by Gasteiger charge is -2.10. The van der Waals surface area contributed by atoms with E-state index >= 15 is 0 Å². The average Bonchev–Trinajstić information content (AvgIpc) is 3.02. The van der Waals surface area contributed by atoms with Crippen LogP contribution in [0.2, 0.25) is 0 Å². The topological polar surface area (TPSA) is 44.1 Å².